The Kier molecular flexibility index (Phi) is 4.34. The zero-order valence-electron chi connectivity index (χ0n) is 16.4. The van der Waals surface area contributed by atoms with Gasteiger partial charge in [-0.05, 0) is 36.3 Å². The standard InChI is InChI=1S/C22H21FN4O3/c1-27-19-4-2-3-17(16(19)13-24-27)25-21(28)26-18-12-22(7-9-29-10-8-22)30-20-11-14(23)5-6-15(18)20/h2-4,7-11,13,18H,5-6,12H2,1H3,(H2,25,26,28). The van der Waals surface area contributed by atoms with Crippen LogP contribution in [0.1, 0.15) is 19.3 Å². The van der Waals surface area contributed by atoms with Gasteiger partial charge in [0.25, 0.3) is 0 Å². The molecule has 2 aliphatic heterocycles. The van der Waals surface area contributed by atoms with Crippen LogP contribution >= 0.6 is 0 Å². The average molecular weight is 408 g/mol. The topological polar surface area (TPSA) is 77.4 Å². The Morgan fingerprint density at radius 1 is 1.30 bits per heavy atom. The van der Waals surface area contributed by atoms with Gasteiger partial charge in [0.2, 0.25) is 0 Å². The number of urea groups is 1. The number of benzene rings is 1. The summed E-state index contributed by atoms with van der Waals surface area (Å²) in [5.74, 6) is 0.248. The largest absolute Gasteiger partial charge is 0.479 e. The fourth-order valence-electron chi connectivity index (χ4n) is 4.17. The molecule has 0 bridgehead atoms. The predicted octanol–water partition coefficient (Wildman–Crippen LogP) is 4.18. The highest BCUT2D eigenvalue weighted by molar-refractivity contribution is 6.00. The molecule has 2 amide bonds. The molecule has 1 aliphatic carbocycles. The van der Waals surface area contributed by atoms with Crippen molar-refractivity contribution in [2.75, 3.05) is 5.32 Å². The lowest BCUT2D eigenvalue weighted by Crippen LogP contribution is -2.48. The highest BCUT2D eigenvalue weighted by atomic mass is 19.1. The maximum absolute atomic E-state index is 13.9. The van der Waals surface area contributed by atoms with Gasteiger partial charge in [0.15, 0.2) is 5.60 Å². The Morgan fingerprint density at radius 2 is 2.13 bits per heavy atom. The van der Waals surface area contributed by atoms with E-state index < -0.39 is 5.60 Å². The maximum atomic E-state index is 13.9. The van der Waals surface area contributed by atoms with E-state index in [4.69, 9.17) is 9.47 Å². The van der Waals surface area contributed by atoms with Gasteiger partial charge in [-0.25, -0.2) is 9.18 Å². The number of aromatic nitrogens is 2. The van der Waals surface area contributed by atoms with Crippen molar-refractivity contribution in [1.29, 1.82) is 0 Å². The first kappa shape index (κ1) is 18.5. The number of ether oxygens (including phenoxy) is 2. The van der Waals surface area contributed by atoms with E-state index in [0.29, 0.717) is 30.7 Å². The number of aryl methyl sites for hydroxylation is 1. The quantitative estimate of drug-likeness (QED) is 0.782. The molecule has 8 heteroatoms. The minimum atomic E-state index is -0.785. The second-order valence-corrected chi connectivity index (χ2v) is 7.64. The molecule has 1 aromatic carbocycles. The molecular formula is C22H21FN4O3. The summed E-state index contributed by atoms with van der Waals surface area (Å²) in [4.78, 5) is 12.9. The Labute approximate surface area is 172 Å². The van der Waals surface area contributed by atoms with Crippen LogP contribution in [-0.2, 0) is 16.5 Å². The van der Waals surface area contributed by atoms with Crippen LogP contribution in [0.5, 0.6) is 0 Å². The number of nitrogens with one attached hydrogen (secondary N) is 2. The van der Waals surface area contributed by atoms with Gasteiger partial charge in [-0.2, -0.15) is 5.10 Å². The highest BCUT2D eigenvalue weighted by Gasteiger charge is 2.41. The Morgan fingerprint density at radius 3 is 2.97 bits per heavy atom. The summed E-state index contributed by atoms with van der Waals surface area (Å²) in [6, 6.07) is 5.00. The predicted molar refractivity (Wildman–Crippen MR) is 110 cm³/mol. The van der Waals surface area contributed by atoms with Gasteiger partial charge in [-0.1, -0.05) is 6.07 Å². The lowest BCUT2D eigenvalue weighted by Gasteiger charge is -2.41. The molecule has 2 N–H and O–H groups in total. The minimum Gasteiger partial charge on any atom is -0.479 e. The second kappa shape index (κ2) is 7.05. The van der Waals surface area contributed by atoms with E-state index in [0.717, 1.165) is 16.5 Å². The van der Waals surface area contributed by atoms with Crippen molar-refractivity contribution in [2.24, 2.45) is 7.05 Å². The Hall–Kier alpha value is -3.55. The van der Waals surface area contributed by atoms with Crippen molar-refractivity contribution in [3.05, 3.63) is 72.3 Å². The molecule has 5 rings (SSSR count). The summed E-state index contributed by atoms with van der Waals surface area (Å²) in [6.07, 6.45) is 11.1. The van der Waals surface area contributed by atoms with E-state index in [1.807, 2.05) is 25.2 Å². The van der Waals surface area contributed by atoms with Gasteiger partial charge in [-0.15, -0.1) is 0 Å². The molecule has 3 heterocycles. The first-order chi connectivity index (χ1) is 14.5. The molecular weight excluding hydrogens is 387 g/mol. The maximum Gasteiger partial charge on any atom is 0.319 e. The summed E-state index contributed by atoms with van der Waals surface area (Å²) in [7, 11) is 1.85. The van der Waals surface area contributed by atoms with E-state index in [9.17, 15) is 9.18 Å². The fraction of sp³-hybridized carbons (Fsp3) is 0.273. The number of nitrogens with zero attached hydrogens (tertiary/aromatic N) is 2. The van der Waals surface area contributed by atoms with Crippen molar-refractivity contribution < 1.29 is 18.7 Å². The molecule has 1 spiro atoms. The highest BCUT2D eigenvalue weighted by Crippen LogP contribution is 2.41. The van der Waals surface area contributed by atoms with Gasteiger partial charge < -0.3 is 20.1 Å². The van der Waals surface area contributed by atoms with Crippen molar-refractivity contribution in [3.8, 4) is 0 Å². The van der Waals surface area contributed by atoms with E-state index in [1.54, 1.807) is 23.0 Å². The fourth-order valence-corrected chi connectivity index (χ4v) is 4.17. The van der Waals surface area contributed by atoms with Crippen LogP contribution in [0.4, 0.5) is 14.9 Å². The average Bonchev–Trinajstić information content (AvgIpc) is 3.10. The molecule has 7 nitrogen and oxygen atoms in total. The summed E-state index contributed by atoms with van der Waals surface area (Å²) in [5, 5.41) is 11.1. The van der Waals surface area contributed by atoms with Crippen LogP contribution in [-0.4, -0.2) is 27.5 Å². The summed E-state index contributed by atoms with van der Waals surface area (Å²) in [5.41, 5.74) is 1.71. The normalized spacial score (nSPS) is 21.7. The lowest BCUT2D eigenvalue weighted by molar-refractivity contribution is 0.0511. The molecule has 0 saturated carbocycles. The molecule has 3 aliphatic rings. The summed E-state index contributed by atoms with van der Waals surface area (Å²) in [6.45, 7) is 0. The van der Waals surface area contributed by atoms with Crippen LogP contribution in [0.2, 0.25) is 0 Å². The van der Waals surface area contributed by atoms with E-state index in [1.165, 1.54) is 18.6 Å². The molecule has 30 heavy (non-hydrogen) atoms. The third-order valence-electron chi connectivity index (χ3n) is 5.68. The molecule has 0 fully saturated rings. The minimum absolute atomic E-state index is 0.225. The zero-order valence-corrected chi connectivity index (χ0v) is 16.4. The lowest BCUT2D eigenvalue weighted by atomic mass is 9.83. The summed E-state index contributed by atoms with van der Waals surface area (Å²) >= 11 is 0. The van der Waals surface area contributed by atoms with Gasteiger partial charge in [0.05, 0.1) is 36.0 Å². The van der Waals surface area contributed by atoms with Gasteiger partial charge >= 0.3 is 6.03 Å². The van der Waals surface area contributed by atoms with Crippen LogP contribution < -0.4 is 10.6 Å². The monoisotopic (exact) mass is 408 g/mol. The molecule has 154 valence electrons. The number of fused-ring (bicyclic) bond motifs is 1. The number of hydrogen-bond donors (Lipinski definition) is 2. The van der Waals surface area contributed by atoms with E-state index in [2.05, 4.69) is 15.7 Å². The summed E-state index contributed by atoms with van der Waals surface area (Å²) < 4.78 is 26.9. The third kappa shape index (κ3) is 3.24. The van der Waals surface area contributed by atoms with E-state index in [-0.39, 0.29) is 17.9 Å². The van der Waals surface area contributed by atoms with Gasteiger partial charge in [0.1, 0.15) is 11.6 Å². The number of amides is 2. The van der Waals surface area contributed by atoms with Crippen molar-refractivity contribution in [3.63, 3.8) is 0 Å². The van der Waals surface area contributed by atoms with Crippen LogP contribution in [0, 0.1) is 0 Å². The smallest absolute Gasteiger partial charge is 0.319 e. The first-order valence-electron chi connectivity index (χ1n) is 9.80. The number of rotatable bonds is 2. The van der Waals surface area contributed by atoms with Crippen molar-refractivity contribution >= 4 is 22.6 Å². The Bertz CT molecular complexity index is 1130. The second-order valence-electron chi connectivity index (χ2n) is 7.64. The molecule has 0 saturated heterocycles. The molecule has 1 unspecified atom stereocenters. The zero-order chi connectivity index (χ0) is 20.7. The molecule has 1 atom stereocenters. The van der Waals surface area contributed by atoms with Crippen molar-refractivity contribution in [1.82, 2.24) is 15.1 Å². The van der Waals surface area contributed by atoms with Crippen molar-refractivity contribution in [2.45, 2.75) is 30.9 Å². The SMILES string of the molecule is Cn1ncc2c(NC(=O)NC3CC4(C=COC=C4)OC4=C3CCC(F)=C4)cccc21. The van der Waals surface area contributed by atoms with Crippen LogP contribution in [0.15, 0.2) is 72.3 Å². The van der Waals surface area contributed by atoms with Crippen LogP contribution in [0.25, 0.3) is 10.9 Å². The first-order valence-corrected chi connectivity index (χ1v) is 9.80. The third-order valence-corrected chi connectivity index (χ3v) is 5.68. The number of carbonyl (C=O) groups is 1. The van der Waals surface area contributed by atoms with Gasteiger partial charge in [0, 0.05) is 31.4 Å². The van der Waals surface area contributed by atoms with Gasteiger partial charge in [-0.3, -0.25) is 4.68 Å². The molecule has 0 radical (unpaired) electrons. The number of hydrogen-bond acceptors (Lipinski definition) is 4. The van der Waals surface area contributed by atoms with Crippen LogP contribution in [0.3, 0.4) is 0 Å². The molecule has 2 aromatic rings. The number of allylic oxidation sites excluding steroid dienone is 2. The number of anilines is 1. The number of carbonyl (C=O) groups excluding carboxylic acids is 1. The molecule has 1 aromatic heterocycles. The number of halogens is 1. The Balaban J connectivity index is 1.41. The van der Waals surface area contributed by atoms with E-state index >= 15 is 0 Å².